The van der Waals surface area contributed by atoms with Crippen molar-refractivity contribution in [2.24, 2.45) is 5.73 Å². The molecule has 0 unspecified atom stereocenters. The summed E-state index contributed by atoms with van der Waals surface area (Å²) in [5, 5.41) is 0. The van der Waals surface area contributed by atoms with E-state index in [9.17, 15) is 0 Å². The molecule has 2 N–H and O–H groups in total. The molecule has 1 aromatic rings. The molecule has 114 valence electrons. The van der Waals surface area contributed by atoms with Gasteiger partial charge in [0.05, 0.1) is 23.5 Å². The standard InChI is InChI=1S/C15H23BN2O3/c1-14(2)15(3,4)21-16(20-14)12-8-18-9-13(11(12)7-17)19-10-5-6-10/h8-10H,5-7,17H2,1-4H3. The Morgan fingerprint density at radius 2 is 1.86 bits per heavy atom. The van der Waals surface area contributed by atoms with Gasteiger partial charge in [0.2, 0.25) is 0 Å². The third-order valence-electron chi connectivity index (χ3n) is 4.58. The molecule has 1 aliphatic carbocycles. The molecule has 3 rings (SSSR count). The molecular formula is C15H23BN2O3. The van der Waals surface area contributed by atoms with Crippen LogP contribution in [0.15, 0.2) is 12.4 Å². The predicted octanol–water partition coefficient (Wildman–Crippen LogP) is 1.38. The van der Waals surface area contributed by atoms with E-state index in [1.54, 1.807) is 12.4 Å². The molecule has 1 aliphatic heterocycles. The van der Waals surface area contributed by atoms with Gasteiger partial charge in [0, 0.05) is 23.8 Å². The third-order valence-corrected chi connectivity index (χ3v) is 4.58. The zero-order valence-electron chi connectivity index (χ0n) is 13.2. The fourth-order valence-electron chi connectivity index (χ4n) is 2.34. The summed E-state index contributed by atoms with van der Waals surface area (Å²) in [5.74, 6) is 0.757. The highest BCUT2D eigenvalue weighted by Gasteiger charge is 2.52. The van der Waals surface area contributed by atoms with E-state index >= 15 is 0 Å². The molecule has 0 amide bonds. The Morgan fingerprint density at radius 3 is 2.38 bits per heavy atom. The van der Waals surface area contributed by atoms with Crippen molar-refractivity contribution in [1.82, 2.24) is 4.98 Å². The smallest absolute Gasteiger partial charge is 0.488 e. The van der Waals surface area contributed by atoms with Gasteiger partial charge < -0.3 is 19.8 Å². The Hall–Kier alpha value is -1.11. The summed E-state index contributed by atoms with van der Waals surface area (Å²) in [5.41, 5.74) is 6.97. The van der Waals surface area contributed by atoms with Crippen LogP contribution in [0.4, 0.5) is 0 Å². The number of pyridine rings is 1. The molecule has 2 aliphatic rings. The monoisotopic (exact) mass is 290 g/mol. The molecule has 0 bridgehead atoms. The van der Waals surface area contributed by atoms with E-state index in [2.05, 4.69) is 4.98 Å². The van der Waals surface area contributed by atoms with E-state index in [4.69, 9.17) is 19.8 Å². The van der Waals surface area contributed by atoms with Crippen molar-refractivity contribution in [3.63, 3.8) is 0 Å². The highest BCUT2D eigenvalue weighted by molar-refractivity contribution is 6.62. The molecule has 2 heterocycles. The van der Waals surface area contributed by atoms with Crippen molar-refractivity contribution in [3.05, 3.63) is 18.0 Å². The lowest BCUT2D eigenvalue weighted by atomic mass is 9.77. The van der Waals surface area contributed by atoms with E-state index in [1.807, 2.05) is 27.7 Å². The number of hydrogen-bond acceptors (Lipinski definition) is 5. The summed E-state index contributed by atoms with van der Waals surface area (Å²) >= 11 is 0. The summed E-state index contributed by atoms with van der Waals surface area (Å²) in [4.78, 5) is 4.27. The quantitative estimate of drug-likeness (QED) is 0.849. The highest BCUT2D eigenvalue weighted by Crippen LogP contribution is 2.37. The highest BCUT2D eigenvalue weighted by atomic mass is 16.7. The maximum Gasteiger partial charge on any atom is 0.496 e. The van der Waals surface area contributed by atoms with Crippen LogP contribution >= 0.6 is 0 Å². The van der Waals surface area contributed by atoms with Crippen molar-refractivity contribution in [1.29, 1.82) is 0 Å². The predicted molar refractivity (Wildman–Crippen MR) is 81.5 cm³/mol. The van der Waals surface area contributed by atoms with Crippen LogP contribution in [0.25, 0.3) is 0 Å². The van der Waals surface area contributed by atoms with Crippen molar-refractivity contribution >= 4 is 12.6 Å². The summed E-state index contributed by atoms with van der Waals surface area (Å²) in [6, 6.07) is 0. The van der Waals surface area contributed by atoms with E-state index < -0.39 is 7.12 Å². The molecule has 1 aromatic heterocycles. The SMILES string of the molecule is CC1(C)OB(c2cncc(OC3CC3)c2CN)OC1(C)C. The largest absolute Gasteiger partial charge is 0.496 e. The first-order chi connectivity index (χ1) is 9.84. The third kappa shape index (κ3) is 2.68. The molecule has 1 saturated carbocycles. The second kappa shape index (κ2) is 4.97. The molecule has 0 atom stereocenters. The van der Waals surface area contributed by atoms with Gasteiger partial charge in [-0.3, -0.25) is 4.98 Å². The van der Waals surface area contributed by atoms with Gasteiger partial charge in [0.15, 0.2) is 0 Å². The summed E-state index contributed by atoms with van der Waals surface area (Å²) < 4.78 is 18.1. The second-order valence-corrected chi connectivity index (χ2v) is 6.82. The minimum absolute atomic E-state index is 0.311. The zero-order valence-corrected chi connectivity index (χ0v) is 13.2. The van der Waals surface area contributed by atoms with Gasteiger partial charge in [-0.1, -0.05) is 0 Å². The van der Waals surface area contributed by atoms with Crippen molar-refractivity contribution in [3.8, 4) is 5.75 Å². The van der Waals surface area contributed by atoms with E-state index in [0.717, 1.165) is 29.6 Å². The van der Waals surface area contributed by atoms with Crippen LogP contribution in [0.5, 0.6) is 5.75 Å². The Kier molecular flexibility index (Phi) is 3.51. The van der Waals surface area contributed by atoms with E-state index in [0.29, 0.717) is 12.6 Å². The zero-order chi connectivity index (χ0) is 15.3. The molecule has 2 fully saturated rings. The van der Waals surface area contributed by atoms with Gasteiger partial charge in [0.25, 0.3) is 0 Å². The van der Waals surface area contributed by atoms with Crippen LogP contribution in [-0.2, 0) is 15.9 Å². The maximum atomic E-state index is 6.09. The summed E-state index contributed by atoms with van der Waals surface area (Å²) in [7, 11) is -0.455. The Balaban J connectivity index is 1.91. The van der Waals surface area contributed by atoms with Crippen LogP contribution in [0.2, 0.25) is 0 Å². The van der Waals surface area contributed by atoms with Crippen molar-refractivity contribution in [2.45, 2.75) is 64.4 Å². The maximum absolute atomic E-state index is 6.09. The van der Waals surface area contributed by atoms with Crippen LogP contribution in [-0.4, -0.2) is 29.4 Å². The second-order valence-electron chi connectivity index (χ2n) is 6.82. The van der Waals surface area contributed by atoms with Crippen LogP contribution in [0, 0.1) is 0 Å². The molecule has 21 heavy (non-hydrogen) atoms. The molecule has 0 aromatic carbocycles. The van der Waals surface area contributed by atoms with Gasteiger partial charge in [0.1, 0.15) is 5.75 Å². The number of rotatable bonds is 4. The van der Waals surface area contributed by atoms with Gasteiger partial charge in [-0.15, -0.1) is 0 Å². The van der Waals surface area contributed by atoms with Gasteiger partial charge >= 0.3 is 7.12 Å². The minimum Gasteiger partial charge on any atom is -0.488 e. The topological polar surface area (TPSA) is 66.6 Å². The molecule has 0 radical (unpaired) electrons. The molecule has 0 spiro atoms. The fourth-order valence-corrected chi connectivity index (χ4v) is 2.34. The van der Waals surface area contributed by atoms with E-state index in [-0.39, 0.29) is 11.2 Å². The Labute approximate surface area is 126 Å². The molecule has 6 heteroatoms. The average molecular weight is 290 g/mol. The Morgan fingerprint density at radius 1 is 1.24 bits per heavy atom. The fraction of sp³-hybridized carbons (Fsp3) is 0.667. The molecule has 1 saturated heterocycles. The molecular weight excluding hydrogens is 267 g/mol. The first-order valence-electron chi connectivity index (χ1n) is 7.53. The lowest BCUT2D eigenvalue weighted by Gasteiger charge is -2.32. The average Bonchev–Trinajstić information content (AvgIpc) is 3.17. The van der Waals surface area contributed by atoms with Gasteiger partial charge in [-0.25, -0.2) is 0 Å². The van der Waals surface area contributed by atoms with Gasteiger partial charge in [-0.05, 0) is 40.5 Å². The minimum atomic E-state index is -0.455. The first-order valence-corrected chi connectivity index (χ1v) is 7.53. The van der Waals surface area contributed by atoms with E-state index in [1.165, 1.54) is 0 Å². The van der Waals surface area contributed by atoms with Crippen LogP contribution in [0.3, 0.4) is 0 Å². The number of nitrogens with zero attached hydrogens (tertiary/aromatic N) is 1. The van der Waals surface area contributed by atoms with Gasteiger partial charge in [-0.2, -0.15) is 0 Å². The number of hydrogen-bond donors (Lipinski definition) is 1. The Bertz CT molecular complexity index is 528. The first kappa shape index (κ1) is 14.8. The van der Waals surface area contributed by atoms with Crippen molar-refractivity contribution < 1.29 is 14.0 Å². The molecule has 5 nitrogen and oxygen atoms in total. The summed E-state index contributed by atoms with van der Waals surface area (Å²) in [6.07, 6.45) is 6.01. The van der Waals surface area contributed by atoms with Crippen molar-refractivity contribution in [2.75, 3.05) is 0 Å². The number of aromatic nitrogens is 1. The number of nitrogens with two attached hydrogens (primary N) is 1. The summed E-state index contributed by atoms with van der Waals surface area (Å²) in [6.45, 7) is 8.52. The van der Waals surface area contributed by atoms with Crippen LogP contribution < -0.4 is 15.9 Å². The normalized spacial score (nSPS) is 23.4. The number of ether oxygens (including phenoxy) is 1. The lowest BCUT2D eigenvalue weighted by molar-refractivity contribution is 0.00578. The van der Waals surface area contributed by atoms with Crippen LogP contribution in [0.1, 0.15) is 46.1 Å². The lowest BCUT2D eigenvalue weighted by Crippen LogP contribution is -2.41.